The van der Waals surface area contributed by atoms with Gasteiger partial charge in [0.15, 0.2) is 0 Å². The average molecular weight is 320 g/mol. The first-order valence-electron chi connectivity index (χ1n) is 8.62. The molecule has 0 spiro atoms. The second kappa shape index (κ2) is 7.45. The summed E-state index contributed by atoms with van der Waals surface area (Å²) in [5, 5.41) is 0. The SMILES string of the molecule is Cc1cnc(N(C)C[C@H]2CCCO2)nc1N(C)C[C@@H]1CCCO1. The van der Waals surface area contributed by atoms with Crippen molar-refractivity contribution in [2.75, 3.05) is 50.2 Å². The monoisotopic (exact) mass is 320 g/mol. The number of anilines is 2. The second-order valence-corrected chi connectivity index (χ2v) is 6.71. The van der Waals surface area contributed by atoms with E-state index in [1.54, 1.807) is 0 Å². The largest absolute Gasteiger partial charge is 0.376 e. The van der Waals surface area contributed by atoms with Crippen LogP contribution in [0.15, 0.2) is 6.20 Å². The van der Waals surface area contributed by atoms with E-state index in [0.29, 0.717) is 12.2 Å². The summed E-state index contributed by atoms with van der Waals surface area (Å²) >= 11 is 0. The lowest BCUT2D eigenvalue weighted by molar-refractivity contribution is 0.116. The maximum atomic E-state index is 5.74. The molecule has 2 aliphatic rings. The molecule has 0 bridgehead atoms. The van der Waals surface area contributed by atoms with Crippen LogP contribution in [0.5, 0.6) is 0 Å². The van der Waals surface area contributed by atoms with Crippen LogP contribution >= 0.6 is 0 Å². The van der Waals surface area contributed by atoms with E-state index < -0.39 is 0 Å². The zero-order valence-electron chi connectivity index (χ0n) is 14.5. The van der Waals surface area contributed by atoms with E-state index in [1.807, 2.05) is 13.2 Å². The first kappa shape index (κ1) is 16.5. The number of nitrogens with zero attached hydrogens (tertiary/aromatic N) is 4. The maximum absolute atomic E-state index is 5.74. The lowest BCUT2D eigenvalue weighted by atomic mass is 10.2. The van der Waals surface area contributed by atoms with Crippen molar-refractivity contribution in [2.45, 2.75) is 44.8 Å². The van der Waals surface area contributed by atoms with Gasteiger partial charge >= 0.3 is 0 Å². The van der Waals surface area contributed by atoms with Crippen LogP contribution in [-0.2, 0) is 9.47 Å². The van der Waals surface area contributed by atoms with Crippen molar-refractivity contribution in [1.82, 2.24) is 9.97 Å². The van der Waals surface area contributed by atoms with E-state index in [9.17, 15) is 0 Å². The molecule has 3 rings (SSSR count). The van der Waals surface area contributed by atoms with E-state index in [4.69, 9.17) is 14.5 Å². The Bertz CT molecular complexity index is 513. The van der Waals surface area contributed by atoms with E-state index in [2.05, 4.69) is 28.8 Å². The number of rotatable bonds is 6. The number of aryl methyl sites for hydroxylation is 1. The third-order valence-corrected chi connectivity index (χ3v) is 4.64. The third-order valence-electron chi connectivity index (χ3n) is 4.64. The summed E-state index contributed by atoms with van der Waals surface area (Å²) in [6, 6.07) is 0. The predicted molar refractivity (Wildman–Crippen MR) is 91.3 cm³/mol. The third kappa shape index (κ3) is 4.12. The van der Waals surface area contributed by atoms with Gasteiger partial charge in [0.25, 0.3) is 0 Å². The van der Waals surface area contributed by atoms with Crippen molar-refractivity contribution in [3.8, 4) is 0 Å². The summed E-state index contributed by atoms with van der Waals surface area (Å²) < 4.78 is 11.5. The lowest BCUT2D eigenvalue weighted by Crippen LogP contribution is -2.32. The number of hydrogen-bond donors (Lipinski definition) is 0. The second-order valence-electron chi connectivity index (χ2n) is 6.71. The fraction of sp³-hybridized carbons (Fsp3) is 0.765. The Morgan fingerprint density at radius 1 is 1.04 bits per heavy atom. The van der Waals surface area contributed by atoms with Gasteiger partial charge in [-0.05, 0) is 32.6 Å². The van der Waals surface area contributed by atoms with Crippen LogP contribution < -0.4 is 9.80 Å². The standard InChI is InChI=1S/C17H28N4O2/c1-13-10-18-17(21(3)12-15-7-5-9-23-15)19-16(13)20(2)11-14-6-4-8-22-14/h10,14-15H,4-9,11-12H2,1-3H3/t14-,15+/m0/s1. The number of likely N-dealkylation sites (N-methyl/N-ethyl adjacent to an activating group) is 2. The predicted octanol–water partition coefficient (Wildman–Crippen LogP) is 2.02. The molecule has 0 saturated carbocycles. The van der Waals surface area contributed by atoms with Gasteiger partial charge in [0.1, 0.15) is 5.82 Å². The summed E-state index contributed by atoms with van der Waals surface area (Å²) in [4.78, 5) is 13.6. The molecule has 0 N–H and O–H groups in total. The van der Waals surface area contributed by atoms with Crippen LogP contribution in [0, 0.1) is 6.92 Å². The molecular weight excluding hydrogens is 292 g/mol. The summed E-state index contributed by atoms with van der Waals surface area (Å²) in [5.74, 6) is 1.75. The highest BCUT2D eigenvalue weighted by atomic mass is 16.5. The number of ether oxygens (including phenoxy) is 2. The summed E-state index contributed by atoms with van der Waals surface area (Å²) in [6.45, 7) is 5.55. The van der Waals surface area contributed by atoms with Crippen molar-refractivity contribution >= 4 is 11.8 Å². The molecule has 3 heterocycles. The molecule has 128 valence electrons. The summed E-state index contributed by atoms with van der Waals surface area (Å²) in [7, 11) is 4.12. The highest BCUT2D eigenvalue weighted by Crippen LogP contribution is 2.22. The van der Waals surface area contributed by atoms with Gasteiger partial charge in [0.05, 0.1) is 12.2 Å². The molecule has 0 aliphatic carbocycles. The molecule has 2 saturated heterocycles. The molecule has 0 unspecified atom stereocenters. The van der Waals surface area contributed by atoms with E-state index in [1.165, 1.54) is 0 Å². The van der Waals surface area contributed by atoms with Crippen molar-refractivity contribution < 1.29 is 9.47 Å². The molecule has 0 radical (unpaired) electrons. The van der Waals surface area contributed by atoms with Crippen LogP contribution in [0.1, 0.15) is 31.2 Å². The first-order chi connectivity index (χ1) is 11.1. The van der Waals surface area contributed by atoms with Crippen LogP contribution in [0.4, 0.5) is 11.8 Å². The van der Waals surface area contributed by atoms with E-state index >= 15 is 0 Å². The lowest BCUT2D eigenvalue weighted by Gasteiger charge is -2.26. The van der Waals surface area contributed by atoms with Crippen molar-refractivity contribution in [3.05, 3.63) is 11.8 Å². The molecule has 1 aromatic heterocycles. The molecule has 2 aliphatic heterocycles. The maximum Gasteiger partial charge on any atom is 0.227 e. The normalized spacial score (nSPS) is 24.1. The molecule has 1 aromatic rings. The molecular formula is C17H28N4O2. The van der Waals surface area contributed by atoms with Crippen molar-refractivity contribution in [3.63, 3.8) is 0 Å². The first-order valence-corrected chi connectivity index (χ1v) is 8.62. The minimum absolute atomic E-state index is 0.304. The van der Waals surface area contributed by atoms with Crippen LogP contribution in [-0.4, -0.2) is 62.6 Å². The number of hydrogen-bond acceptors (Lipinski definition) is 6. The smallest absolute Gasteiger partial charge is 0.227 e. The van der Waals surface area contributed by atoms with Gasteiger partial charge < -0.3 is 19.3 Å². The molecule has 23 heavy (non-hydrogen) atoms. The van der Waals surface area contributed by atoms with E-state index in [0.717, 1.165) is 69.3 Å². The van der Waals surface area contributed by atoms with Crippen molar-refractivity contribution in [1.29, 1.82) is 0 Å². The minimum atomic E-state index is 0.304. The van der Waals surface area contributed by atoms with Gasteiger partial charge in [-0.1, -0.05) is 0 Å². The Labute approximate surface area is 138 Å². The fourth-order valence-corrected chi connectivity index (χ4v) is 3.35. The van der Waals surface area contributed by atoms with Crippen molar-refractivity contribution in [2.24, 2.45) is 0 Å². The topological polar surface area (TPSA) is 50.7 Å². The van der Waals surface area contributed by atoms with Crippen LogP contribution in [0.3, 0.4) is 0 Å². The number of aromatic nitrogens is 2. The van der Waals surface area contributed by atoms with Gasteiger partial charge in [-0.2, -0.15) is 4.98 Å². The molecule has 0 amide bonds. The molecule has 2 fully saturated rings. The Morgan fingerprint density at radius 3 is 2.22 bits per heavy atom. The minimum Gasteiger partial charge on any atom is -0.376 e. The van der Waals surface area contributed by atoms with Gasteiger partial charge in [-0.3, -0.25) is 0 Å². The zero-order valence-corrected chi connectivity index (χ0v) is 14.5. The Kier molecular flexibility index (Phi) is 5.33. The van der Waals surface area contributed by atoms with Gasteiger partial charge in [-0.15, -0.1) is 0 Å². The van der Waals surface area contributed by atoms with E-state index in [-0.39, 0.29) is 0 Å². The summed E-state index contributed by atoms with van der Waals surface area (Å²) in [5.41, 5.74) is 1.10. The quantitative estimate of drug-likeness (QED) is 0.799. The highest BCUT2D eigenvalue weighted by molar-refractivity contribution is 5.49. The van der Waals surface area contributed by atoms with Gasteiger partial charge in [0.2, 0.25) is 5.95 Å². The van der Waals surface area contributed by atoms with Crippen LogP contribution in [0.2, 0.25) is 0 Å². The fourth-order valence-electron chi connectivity index (χ4n) is 3.35. The molecule has 6 heteroatoms. The van der Waals surface area contributed by atoms with Crippen LogP contribution in [0.25, 0.3) is 0 Å². The Balaban J connectivity index is 1.67. The average Bonchev–Trinajstić information content (AvgIpc) is 3.21. The molecule has 2 atom stereocenters. The highest BCUT2D eigenvalue weighted by Gasteiger charge is 2.21. The Hall–Kier alpha value is -1.40. The zero-order chi connectivity index (χ0) is 16.2. The van der Waals surface area contributed by atoms with Gasteiger partial charge in [-0.25, -0.2) is 4.98 Å². The molecule has 6 nitrogen and oxygen atoms in total. The Morgan fingerprint density at radius 2 is 1.65 bits per heavy atom. The van der Waals surface area contributed by atoms with Gasteiger partial charge in [0, 0.05) is 52.2 Å². The summed E-state index contributed by atoms with van der Waals surface area (Å²) in [6.07, 6.45) is 7.12. The molecule has 0 aromatic carbocycles.